The summed E-state index contributed by atoms with van der Waals surface area (Å²) in [5.74, 6) is 2.41. The summed E-state index contributed by atoms with van der Waals surface area (Å²) in [4.78, 5) is 0. The minimum absolute atomic E-state index is 0. The van der Waals surface area contributed by atoms with Gasteiger partial charge in [0.1, 0.15) is 10.6 Å². The number of ether oxygens (including phenoxy) is 2. The quantitative estimate of drug-likeness (QED) is 0.274. The zero-order valence-corrected chi connectivity index (χ0v) is 34.8. The van der Waals surface area contributed by atoms with E-state index in [1.165, 1.54) is 0 Å². The number of benzene rings is 2. The van der Waals surface area contributed by atoms with Gasteiger partial charge in [-0.2, -0.15) is 0 Å². The van der Waals surface area contributed by atoms with Gasteiger partial charge in [0.25, 0.3) is 0 Å². The molecule has 0 unspecified atom stereocenters. The number of rotatable bonds is 6. The Morgan fingerprint density at radius 3 is 0.907 bits per heavy atom. The van der Waals surface area contributed by atoms with E-state index < -0.39 is 15.8 Å². The molecule has 43 heavy (non-hydrogen) atoms. The van der Waals surface area contributed by atoms with Crippen molar-refractivity contribution in [3.05, 3.63) is 35.4 Å². The van der Waals surface area contributed by atoms with E-state index in [0.717, 1.165) is 33.2 Å². The van der Waals surface area contributed by atoms with Crippen LogP contribution in [-0.2, 0) is 20.1 Å². The predicted molar refractivity (Wildman–Crippen MR) is 188 cm³/mol. The maximum absolute atomic E-state index is 13.1. The summed E-state index contributed by atoms with van der Waals surface area (Å²) in [6.07, 6.45) is 0. The first-order valence-electron chi connectivity index (χ1n) is 15.3. The molecule has 0 amide bonds. The monoisotopic (exact) mass is 813 g/mol. The predicted octanol–water partition coefficient (Wildman–Crippen LogP) is 8.65. The molecule has 2 aromatic rings. The SMILES string of the molecule is COc1ccc(C(C)C)c([O-])c1[PH+](C(C)(C)C)C(C)(C)C.COc1ccc(C(C)C)c([O-])c1[PH+](C(C)(C)C)C(C)(C)C.[Ir]. The Balaban J connectivity index is 0.000000802. The first-order chi connectivity index (χ1) is 18.8. The van der Waals surface area contributed by atoms with Crippen LogP contribution in [0.1, 0.15) is 134 Å². The van der Waals surface area contributed by atoms with E-state index in [4.69, 9.17) is 9.47 Å². The molecule has 2 rings (SSSR count). The number of hydrogen-bond acceptors (Lipinski definition) is 4. The molecule has 0 saturated carbocycles. The minimum Gasteiger partial charge on any atom is -0.870 e. The van der Waals surface area contributed by atoms with Crippen LogP contribution >= 0.6 is 15.8 Å². The molecule has 0 aliphatic heterocycles. The second kappa shape index (κ2) is 15.6. The van der Waals surface area contributed by atoms with Crippen molar-refractivity contribution < 1.29 is 39.8 Å². The molecule has 0 atom stereocenters. The molecule has 0 heterocycles. The normalized spacial score (nSPS) is 12.8. The van der Waals surface area contributed by atoms with Gasteiger partial charge in [0.2, 0.25) is 0 Å². The van der Waals surface area contributed by atoms with Gasteiger partial charge in [-0.15, -0.1) is 0 Å². The fourth-order valence-corrected chi connectivity index (χ4v) is 15.7. The van der Waals surface area contributed by atoms with Crippen LogP contribution < -0.4 is 30.3 Å². The van der Waals surface area contributed by atoms with Gasteiger partial charge in [-0.3, -0.25) is 0 Å². The van der Waals surface area contributed by atoms with Crippen LogP contribution in [0.3, 0.4) is 0 Å². The molecule has 2 aromatic carbocycles. The van der Waals surface area contributed by atoms with Crippen molar-refractivity contribution in [1.29, 1.82) is 0 Å². The van der Waals surface area contributed by atoms with Crippen molar-refractivity contribution in [2.45, 2.75) is 143 Å². The average Bonchev–Trinajstić information content (AvgIpc) is 2.77. The third-order valence-corrected chi connectivity index (χ3v) is 15.4. The van der Waals surface area contributed by atoms with Gasteiger partial charge in [-0.25, -0.2) is 0 Å². The van der Waals surface area contributed by atoms with Crippen molar-refractivity contribution in [2.24, 2.45) is 0 Å². The molecule has 0 saturated heterocycles. The van der Waals surface area contributed by atoms with Crippen LogP contribution in [0, 0.1) is 0 Å². The largest absolute Gasteiger partial charge is 0.870 e. The zero-order chi connectivity index (χ0) is 33.2. The minimum atomic E-state index is -1.12. The summed E-state index contributed by atoms with van der Waals surface area (Å²) in [7, 11) is 1.09. The van der Waals surface area contributed by atoms with Crippen LogP contribution in [0.2, 0.25) is 0 Å². The Morgan fingerprint density at radius 1 is 0.512 bits per heavy atom. The van der Waals surface area contributed by atoms with Gasteiger partial charge in [-0.1, -0.05) is 51.3 Å². The summed E-state index contributed by atoms with van der Waals surface area (Å²) in [6, 6.07) is 7.82. The Hall–Kier alpha value is -0.851. The number of hydrogen-bond donors (Lipinski definition) is 0. The molecular formula is C36H62IrO4P2. The van der Waals surface area contributed by atoms with Crippen LogP contribution in [-0.4, -0.2) is 34.8 Å². The van der Waals surface area contributed by atoms with Crippen molar-refractivity contribution >= 4 is 26.5 Å². The van der Waals surface area contributed by atoms with Crippen LogP contribution in [0.15, 0.2) is 24.3 Å². The van der Waals surface area contributed by atoms with E-state index in [1.54, 1.807) is 14.2 Å². The van der Waals surface area contributed by atoms with Gasteiger partial charge in [-0.05, 0) is 118 Å². The molecular weight excluding hydrogens is 751 g/mol. The molecule has 0 fully saturated rings. The third-order valence-electron chi connectivity index (χ3n) is 7.48. The first kappa shape index (κ1) is 42.1. The van der Waals surface area contributed by atoms with Gasteiger partial charge in [0.05, 0.1) is 34.8 Å². The molecule has 4 nitrogen and oxygen atoms in total. The van der Waals surface area contributed by atoms with Crippen LogP contribution in [0.5, 0.6) is 23.0 Å². The average molecular weight is 813 g/mol. The van der Waals surface area contributed by atoms with E-state index in [2.05, 4.69) is 111 Å². The Labute approximate surface area is 281 Å². The van der Waals surface area contributed by atoms with Crippen molar-refractivity contribution in [3.63, 3.8) is 0 Å². The molecule has 0 bridgehead atoms. The molecule has 0 aliphatic rings. The Morgan fingerprint density at radius 2 is 0.744 bits per heavy atom. The van der Waals surface area contributed by atoms with Gasteiger partial charge < -0.3 is 19.7 Å². The van der Waals surface area contributed by atoms with E-state index in [1.807, 2.05) is 24.3 Å². The molecule has 0 N–H and O–H groups in total. The number of methoxy groups -OCH3 is 2. The molecule has 0 aromatic heterocycles. The maximum Gasteiger partial charge on any atom is 0.160 e. The zero-order valence-electron chi connectivity index (χ0n) is 30.4. The fourth-order valence-electron chi connectivity index (χ4n) is 6.63. The van der Waals surface area contributed by atoms with Gasteiger partial charge in [0, 0.05) is 35.9 Å². The Bertz CT molecular complexity index is 1060. The summed E-state index contributed by atoms with van der Waals surface area (Å²) in [5.41, 5.74) is 1.81. The molecule has 0 spiro atoms. The molecule has 249 valence electrons. The van der Waals surface area contributed by atoms with Crippen LogP contribution in [0.25, 0.3) is 0 Å². The van der Waals surface area contributed by atoms with E-state index >= 15 is 0 Å². The topological polar surface area (TPSA) is 64.6 Å². The second-order valence-electron chi connectivity index (χ2n) is 16.2. The van der Waals surface area contributed by atoms with E-state index in [0.29, 0.717) is 0 Å². The molecule has 1 radical (unpaired) electrons. The van der Waals surface area contributed by atoms with E-state index in [9.17, 15) is 10.2 Å². The van der Waals surface area contributed by atoms with Gasteiger partial charge >= 0.3 is 0 Å². The fraction of sp³-hybridized carbons (Fsp3) is 0.667. The summed E-state index contributed by atoms with van der Waals surface area (Å²) in [5, 5.41) is 28.4. The summed E-state index contributed by atoms with van der Waals surface area (Å²) < 4.78 is 11.1. The summed E-state index contributed by atoms with van der Waals surface area (Å²) in [6.45, 7) is 35.2. The Kier molecular flexibility index (Phi) is 15.3. The first-order valence-corrected chi connectivity index (χ1v) is 18.3. The van der Waals surface area contributed by atoms with Crippen LogP contribution in [0.4, 0.5) is 0 Å². The molecule has 7 heteroatoms. The van der Waals surface area contributed by atoms with E-state index in [-0.39, 0.29) is 64.1 Å². The smallest absolute Gasteiger partial charge is 0.160 e. The summed E-state index contributed by atoms with van der Waals surface area (Å²) >= 11 is 0. The standard InChI is InChI=1S/2C18H31O2P.Ir/c2*1-12(2)13-10-11-14(20-9)16(15(13)19)21(17(3,4)5)18(6,7)8;/h2*10-12,19H,1-9H3;. The van der Waals surface area contributed by atoms with Gasteiger partial charge in [0.15, 0.2) is 11.5 Å². The maximum atomic E-state index is 13.1. The second-order valence-corrected chi connectivity index (χ2v) is 24.7. The molecule has 0 aliphatic carbocycles. The van der Waals surface area contributed by atoms with Crippen molar-refractivity contribution in [1.82, 2.24) is 0 Å². The van der Waals surface area contributed by atoms with Crippen molar-refractivity contribution in [3.8, 4) is 23.0 Å². The van der Waals surface area contributed by atoms with Crippen molar-refractivity contribution in [2.75, 3.05) is 14.2 Å². The third kappa shape index (κ3) is 10.6.